The van der Waals surface area contributed by atoms with Crippen LogP contribution in [0.3, 0.4) is 0 Å². The number of hydrogen-bond donors (Lipinski definition) is 2. The van der Waals surface area contributed by atoms with E-state index in [2.05, 4.69) is 10.4 Å². The summed E-state index contributed by atoms with van der Waals surface area (Å²) >= 11 is 0. The number of aromatic nitrogens is 2. The SMILES string of the molecule is Cc1nn(CC(=O)NCCCC(=O)O)c(C)c1[N+](=O)[O-]. The van der Waals surface area contributed by atoms with Gasteiger partial charge in [0, 0.05) is 13.0 Å². The molecule has 0 saturated heterocycles. The van der Waals surface area contributed by atoms with Gasteiger partial charge >= 0.3 is 11.7 Å². The monoisotopic (exact) mass is 284 g/mol. The molecule has 0 spiro atoms. The summed E-state index contributed by atoms with van der Waals surface area (Å²) < 4.78 is 1.26. The molecule has 0 atom stereocenters. The van der Waals surface area contributed by atoms with Gasteiger partial charge in [-0.05, 0) is 20.3 Å². The zero-order valence-electron chi connectivity index (χ0n) is 11.3. The number of nitrogens with one attached hydrogen (secondary N) is 1. The lowest BCUT2D eigenvalue weighted by Crippen LogP contribution is -2.29. The van der Waals surface area contributed by atoms with Crippen molar-refractivity contribution in [3.8, 4) is 0 Å². The van der Waals surface area contributed by atoms with Gasteiger partial charge in [-0.15, -0.1) is 0 Å². The number of carboxylic acid groups (broad SMARTS) is 1. The molecule has 2 N–H and O–H groups in total. The molecule has 0 aliphatic carbocycles. The fourth-order valence-corrected chi connectivity index (χ4v) is 1.76. The van der Waals surface area contributed by atoms with Crippen LogP contribution in [0.1, 0.15) is 24.2 Å². The molecule has 9 heteroatoms. The van der Waals surface area contributed by atoms with Crippen molar-refractivity contribution >= 4 is 17.6 Å². The predicted molar refractivity (Wildman–Crippen MR) is 68.2 cm³/mol. The number of carbonyl (C=O) groups excluding carboxylic acids is 1. The van der Waals surface area contributed by atoms with Crippen molar-refractivity contribution in [2.24, 2.45) is 0 Å². The minimum Gasteiger partial charge on any atom is -0.481 e. The highest BCUT2D eigenvalue weighted by atomic mass is 16.6. The van der Waals surface area contributed by atoms with Crippen LogP contribution in [0.5, 0.6) is 0 Å². The van der Waals surface area contributed by atoms with E-state index < -0.39 is 10.9 Å². The first-order chi connectivity index (χ1) is 9.32. The number of amides is 1. The lowest BCUT2D eigenvalue weighted by Gasteiger charge is -2.05. The molecule has 1 aromatic rings. The number of nitro groups is 1. The highest BCUT2D eigenvalue weighted by Gasteiger charge is 2.22. The van der Waals surface area contributed by atoms with Gasteiger partial charge in [-0.2, -0.15) is 5.10 Å². The molecule has 20 heavy (non-hydrogen) atoms. The van der Waals surface area contributed by atoms with Crippen molar-refractivity contribution in [1.82, 2.24) is 15.1 Å². The Labute approximate surface area is 114 Å². The molecule has 9 nitrogen and oxygen atoms in total. The third-order valence-electron chi connectivity index (χ3n) is 2.71. The Balaban J connectivity index is 2.56. The van der Waals surface area contributed by atoms with Crippen molar-refractivity contribution < 1.29 is 19.6 Å². The maximum absolute atomic E-state index is 11.6. The average molecular weight is 284 g/mol. The number of carboxylic acids is 1. The fraction of sp³-hybridized carbons (Fsp3) is 0.545. The molecule has 1 heterocycles. The Hall–Kier alpha value is -2.45. The summed E-state index contributed by atoms with van der Waals surface area (Å²) in [7, 11) is 0. The van der Waals surface area contributed by atoms with E-state index in [-0.39, 0.29) is 36.8 Å². The quantitative estimate of drug-likeness (QED) is 0.423. The number of rotatable bonds is 7. The highest BCUT2D eigenvalue weighted by molar-refractivity contribution is 5.76. The van der Waals surface area contributed by atoms with Crippen molar-refractivity contribution in [3.05, 3.63) is 21.5 Å². The second kappa shape index (κ2) is 6.64. The smallest absolute Gasteiger partial charge is 0.312 e. The molecule has 0 radical (unpaired) electrons. The van der Waals surface area contributed by atoms with Gasteiger partial charge in [0.15, 0.2) is 0 Å². The van der Waals surface area contributed by atoms with Gasteiger partial charge in [-0.25, -0.2) is 0 Å². The third kappa shape index (κ3) is 4.04. The minimum atomic E-state index is -0.923. The summed E-state index contributed by atoms with van der Waals surface area (Å²) in [4.78, 5) is 32.2. The Morgan fingerprint density at radius 1 is 1.45 bits per heavy atom. The topological polar surface area (TPSA) is 127 Å². The van der Waals surface area contributed by atoms with Crippen LogP contribution >= 0.6 is 0 Å². The Morgan fingerprint density at radius 3 is 2.60 bits per heavy atom. The molecule has 1 amide bonds. The van der Waals surface area contributed by atoms with E-state index in [0.29, 0.717) is 12.1 Å². The molecule has 0 fully saturated rings. The van der Waals surface area contributed by atoms with Gasteiger partial charge in [0.2, 0.25) is 5.91 Å². The molecule has 1 aromatic heterocycles. The third-order valence-corrected chi connectivity index (χ3v) is 2.71. The van der Waals surface area contributed by atoms with Gasteiger partial charge in [-0.3, -0.25) is 24.4 Å². The lowest BCUT2D eigenvalue weighted by molar-refractivity contribution is -0.386. The molecular weight excluding hydrogens is 268 g/mol. The normalized spacial score (nSPS) is 10.3. The van der Waals surface area contributed by atoms with E-state index in [1.54, 1.807) is 0 Å². The lowest BCUT2D eigenvalue weighted by atomic mass is 10.3. The van der Waals surface area contributed by atoms with Crippen LogP contribution in [0.15, 0.2) is 0 Å². The van der Waals surface area contributed by atoms with E-state index in [4.69, 9.17) is 5.11 Å². The average Bonchev–Trinajstić information content (AvgIpc) is 2.59. The van der Waals surface area contributed by atoms with Crippen LogP contribution in [0.4, 0.5) is 5.69 Å². The van der Waals surface area contributed by atoms with E-state index in [1.165, 1.54) is 18.5 Å². The Morgan fingerprint density at radius 2 is 2.10 bits per heavy atom. The van der Waals surface area contributed by atoms with Crippen molar-refractivity contribution in [1.29, 1.82) is 0 Å². The first kappa shape index (κ1) is 15.6. The summed E-state index contributed by atoms with van der Waals surface area (Å²) in [6.45, 7) is 3.14. The number of carbonyl (C=O) groups is 2. The van der Waals surface area contributed by atoms with Crippen LogP contribution < -0.4 is 5.32 Å². The molecule has 0 unspecified atom stereocenters. The summed E-state index contributed by atoms with van der Waals surface area (Å²) in [6, 6.07) is 0. The van der Waals surface area contributed by atoms with Crippen LogP contribution in [0.2, 0.25) is 0 Å². The standard InChI is InChI=1S/C11H16N4O5/c1-7-11(15(19)20)8(2)14(13-7)6-9(16)12-5-3-4-10(17)18/h3-6H2,1-2H3,(H,12,16)(H,17,18). The van der Waals surface area contributed by atoms with Crippen LogP contribution in [0.25, 0.3) is 0 Å². The fourth-order valence-electron chi connectivity index (χ4n) is 1.76. The zero-order valence-corrected chi connectivity index (χ0v) is 11.3. The van der Waals surface area contributed by atoms with E-state index in [0.717, 1.165) is 0 Å². The van der Waals surface area contributed by atoms with Gasteiger partial charge in [0.25, 0.3) is 0 Å². The van der Waals surface area contributed by atoms with Gasteiger partial charge in [-0.1, -0.05) is 0 Å². The first-order valence-electron chi connectivity index (χ1n) is 5.99. The van der Waals surface area contributed by atoms with Gasteiger partial charge < -0.3 is 10.4 Å². The first-order valence-corrected chi connectivity index (χ1v) is 5.99. The van der Waals surface area contributed by atoms with Crippen molar-refractivity contribution in [2.45, 2.75) is 33.2 Å². The number of nitrogens with zero attached hydrogens (tertiary/aromatic N) is 3. The van der Waals surface area contributed by atoms with Gasteiger partial charge in [0.05, 0.1) is 4.92 Å². The molecule has 0 aromatic carbocycles. The zero-order chi connectivity index (χ0) is 15.3. The minimum absolute atomic E-state index is 0.0222. The molecule has 110 valence electrons. The predicted octanol–water partition coefficient (Wildman–Crippen LogP) is 0.389. The molecule has 0 aliphatic heterocycles. The van der Waals surface area contributed by atoms with E-state index >= 15 is 0 Å². The van der Waals surface area contributed by atoms with Crippen molar-refractivity contribution in [3.63, 3.8) is 0 Å². The van der Waals surface area contributed by atoms with Crippen LogP contribution in [-0.4, -0.2) is 38.2 Å². The number of aliphatic carboxylic acids is 1. The largest absolute Gasteiger partial charge is 0.481 e. The van der Waals surface area contributed by atoms with E-state index in [9.17, 15) is 19.7 Å². The maximum Gasteiger partial charge on any atom is 0.312 e. The summed E-state index contributed by atoms with van der Waals surface area (Å²) in [5, 5.41) is 25.7. The molecule has 0 saturated carbocycles. The number of hydrogen-bond acceptors (Lipinski definition) is 5. The highest BCUT2D eigenvalue weighted by Crippen LogP contribution is 2.21. The summed E-state index contributed by atoms with van der Waals surface area (Å²) in [5.41, 5.74) is 0.475. The van der Waals surface area contributed by atoms with Crippen LogP contribution in [0, 0.1) is 24.0 Å². The van der Waals surface area contributed by atoms with E-state index in [1.807, 2.05) is 0 Å². The maximum atomic E-state index is 11.6. The van der Waals surface area contributed by atoms with Crippen molar-refractivity contribution in [2.75, 3.05) is 6.54 Å². The molecular formula is C11H16N4O5. The number of aryl methyl sites for hydroxylation is 1. The molecule has 0 aliphatic rings. The van der Waals surface area contributed by atoms with Crippen LogP contribution in [-0.2, 0) is 16.1 Å². The second-order valence-electron chi connectivity index (χ2n) is 4.28. The molecule has 0 bridgehead atoms. The molecule has 1 rings (SSSR count). The Bertz CT molecular complexity index is 537. The summed E-state index contributed by atoms with van der Waals surface area (Å²) in [5.74, 6) is -1.29. The summed E-state index contributed by atoms with van der Waals surface area (Å²) in [6.07, 6.45) is 0.310. The second-order valence-corrected chi connectivity index (χ2v) is 4.28. The van der Waals surface area contributed by atoms with Gasteiger partial charge in [0.1, 0.15) is 17.9 Å². The Kier molecular flexibility index (Phi) is 5.18.